The fraction of sp³-hybridized carbons (Fsp3) is 0.400. The van der Waals surface area contributed by atoms with Crippen molar-refractivity contribution in [2.24, 2.45) is 0 Å². The summed E-state index contributed by atoms with van der Waals surface area (Å²) >= 11 is 1.47. The van der Waals surface area contributed by atoms with Crippen LogP contribution in [0.25, 0.3) is 10.1 Å². The predicted octanol–water partition coefficient (Wildman–Crippen LogP) is 1.79. The molecule has 0 aromatic carbocycles. The molecule has 0 unspecified atom stereocenters. The van der Waals surface area contributed by atoms with Gasteiger partial charge in [-0.25, -0.2) is 4.98 Å². The lowest BCUT2D eigenvalue weighted by molar-refractivity contribution is 0.0926. The zero-order valence-electron chi connectivity index (χ0n) is 11.3. The summed E-state index contributed by atoms with van der Waals surface area (Å²) in [6.45, 7) is 0. The van der Waals surface area contributed by atoms with Gasteiger partial charge in [-0.05, 0) is 25.3 Å². The molecule has 5 nitrogen and oxygen atoms in total. The van der Waals surface area contributed by atoms with Crippen LogP contribution in [0.15, 0.2) is 17.6 Å². The topological polar surface area (TPSA) is 77.8 Å². The van der Waals surface area contributed by atoms with E-state index in [9.17, 15) is 4.79 Å². The quantitative estimate of drug-likeness (QED) is 0.886. The maximum Gasteiger partial charge on any atom is 0.270 e. The molecule has 2 aliphatic rings. The van der Waals surface area contributed by atoms with Gasteiger partial charge in [0, 0.05) is 35.1 Å². The summed E-state index contributed by atoms with van der Waals surface area (Å²) < 4.78 is 0.935. The average molecular weight is 298 g/mol. The highest BCUT2D eigenvalue weighted by atomic mass is 32.1. The number of nitrogens with zero attached hydrogens (tertiary/aromatic N) is 2. The minimum atomic E-state index is -0.147. The number of fused-ring (bicyclic) bond motifs is 3. The van der Waals surface area contributed by atoms with Gasteiger partial charge in [0.15, 0.2) is 0 Å². The monoisotopic (exact) mass is 298 g/mol. The number of aromatic nitrogens is 1. The number of nitriles is 1. The van der Waals surface area contributed by atoms with Crippen molar-refractivity contribution in [1.82, 2.24) is 15.6 Å². The van der Waals surface area contributed by atoms with Crippen molar-refractivity contribution in [2.75, 3.05) is 0 Å². The molecule has 2 N–H and O–H groups in total. The number of nitrogens with one attached hydrogen (secondary N) is 2. The van der Waals surface area contributed by atoms with Gasteiger partial charge >= 0.3 is 0 Å². The second kappa shape index (κ2) is 4.79. The molecule has 21 heavy (non-hydrogen) atoms. The van der Waals surface area contributed by atoms with Crippen molar-refractivity contribution >= 4 is 27.3 Å². The first-order chi connectivity index (χ1) is 10.2. The Morgan fingerprint density at radius 1 is 1.52 bits per heavy atom. The molecule has 2 aliphatic heterocycles. The molecule has 1 amide bonds. The van der Waals surface area contributed by atoms with Crippen LogP contribution in [-0.2, 0) is 0 Å². The molecule has 106 valence electrons. The average Bonchev–Trinajstić information content (AvgIpc) is 3.21. The lowest BCUT2D eigenvalue weighted by Crippen LogP contribution is -2.43. The Hall–Kier alpha value is -1.97. The van der Waals surface area contributed by atoms with Gasteiger partial charge in [-0.3, -0.25) is 4.79 Å². The van der Waals surface area contributed by atoms with Crippen LogP contribution in [0.1, 0.15) is 35.3 Å². The number of hydrogen-bond donors (Lipinski definition) is 2. The van der Waals surface area contributed by atoms with Gasteiger partial charge < -0.3 is 10.6 Å². The van der Waals surface area contributed by atoms with Crippen LogP contribution in [0.2, 0.25) is 0 Å². The van der Waals surface area contributed by atoms with Crippen molar-refractivity contribution in [3.05, 3.63) is 28.9 Å². The molecule has 2 aromatic rings. The fourth-order valence-electron chi connectivity index (χ4n) is 3.37. The van der Waals surface area contributed by atoms with Crippen LogP contribution in [0, 0.1) is 11.3 Å². The van der Waals surface area contributed by atoms with E-state index < -0.39 is 0 Å². The third kappa shape index (κ3) is 2.09. The molecule has 2 saturated heterocycles. The molecule has 2 bridgehead atoms. The van der Waals surface area contributed by atoms with Gasteiger partial charge in [0.2, 0.25) is 0 Å². The van der Waals surface area contributed by atoms with Gasteiger partial charge in [0.05, 0.1) is 10.3 Å². The number of carbonyl (C=O) groups excluding carboxylic acids is 1. The summed E-state index contributed by atoms with van der Waals surface area (Å²) in [5.74, 6) is -0.147. The van der Waals surface area contributed by atoms with Crippen LogP contribution in [0.4, 0.5) is 0 Å². The minimum absolute atomic E-state index is 0.147. The zero-order chi connectivity index (χ0) is 14.4. The standard InChI is InChI=1S/C15H14N4OS/c16-5-8-7-21-14-6-17-13(4-10(8)14)15(20)19-12-3-9-1-2-11(12)18-9/h4,6-7,9,11-12,18H,1-3H2,(H,19,20)/t9-,11+,12-/m1/s1. The van der Waals surface area contributed by atoms with Gasteiger partial charge in [0.1, 0.15) is 11.8 Å². The van der Waals surface area contributed by atoms with Crippen molar-refractivity contribution in [2.45, 2.75) is 37.4 Å². The summed E-state index contributed by atoms with van der Waals surface area (Å²) in [5, 5.41) is 18.3. The van der Waals surface area contributed by atoms with Gasteiger partial charge in [-0.1, -0.05) is 0 Å². The summed E-state index contributed by atoms with van der Waals surface area (Å²) in [6, 6.07) is 5.03. The highest BCUT2D eigenvalue weighted by Gasteiger charge is 2.39. The maximum atomic E-state index is 12.4. The number of amides is 1. The highest BCUT2D eigenvalue weighted by molar-refractivity contribution is 7.17. The Kier molecular flexibility index (Phi) is 2.91. The smallest absolute Gasteiger partial charge is 0.270 e. The number of hydrogen-bond acceptors (Lipinski definition) is 5. The molecule has 6 heteroatoms. The van der Waals surface area contributed by atoms with Crippen LogP contribution in [0.5, 0.6) is 0 Å². The first-order valence-electron chi connectivity index (χ1n) is 7.09. The Morgan fingerprint density at radius 3 is 3.14 bits per heavy atom. The van der Waals surface area contributed by atoms with Crippen molar-refractivity contribution < 1.29 is 4.79 Å². The molecule has 0 spiro atoms. The van der Waals surface area contributed by atoms with Gasteiger partial charge in [0.25, 0.3) is 5.91 Å². The van der Waals surface area contributed by atoms with E-state index >= 15 is 0 Å². The SMILES string of the molecule is N#Cc1csc2cnc(C(=O)N[C@@H]3C[C@H]4CC[C@@H]3N4)cc12. The highest BCUT2D eigenvalue weighted by Crippen LogP contribution is 2.29. The van der Waals surface area contributed by atoms with E-state index in [0.717, 1.165) is 22.9 Å². The van der Waals surface area contributed by atoms with Crippen molar-refractivity contribution in [3.63, 3.8) is 0 Å². The fourth-order valence-corrected chi connectivity index (χ4v) is 4.20. The molecule has 0 radical (unpaired) electrons. The molecule has 2 aromatic heterocycles. The van der Waals surface area contributed by atoms with Crippen LogP contribution >= 0.6 is 11.3 Å². The number of carbonyl (C=O) groups is 1. The Balaban J connectivity index is 1.58. The van der Waals surface area contributed by atoms with Gasteiger partial charge in [-0.2, -0.15) is 5.26 Å². The third-order valence-electron chi connectivity index (χ3n) is 4.43. The summed E-state index contributed by atoms with van der Waals surface area (Å²) in [4.78, 5) is 16.6. The van der Waals surface area contributed by atoms with E-state index in [1.165, 1.54) is 17.8 Å². The van der Waals surface area contributed by atoms with Crippen LogP contribution in [-0.4, -0.2) is 29.0 Å². The van der Waals surface area contributed by atoms with Gasteiger partial charge in [-0.15, -0.1) is 11.3 Å². The van der Waals surface area contributed by atoms with Crippen LogP contribution in [0.3, 0.4) is 0 Å². The minimum Gasteiger partial charge on any atom is -0.346 e. The van der Waals surface area contributed by atoms with Crippen molar-refractivity contribution in [3.8, 4) is 6.07 Å². The largest absolute Gasteiger partial charge is 0.346 e. The molecule has 2 fully saturated rings. The number of rotatable bonds is 2. The molecule has 0 saturated carbocycles. The molecule has 3 atom stereocenters. The molecule has 4 heterocycles. The number of thiophene rings is 1. The summed E-state index contributed by atoms with van der Waals surface area (Å²) in [6.07, 6.45) is 5.02. The van der Waals surface area contributed by atoms with E-state index in [4.69, 9.17) is 5.26 Å². The summed E-state index contributed by atoms with van der Waals surface area (Å²) in [5.41, 5.74) is 0.994. The van der Waals surface area contributed by atoms with Crippen LogP contribution < -0.4 is 10.6 Å². The molecule has 4 rings (SSSR count). The molecule has 0 aliphatic carbocycles. The third-order valence-corrected chi connectivity index (χ3v) is 5.36. The predicted molar refractivity (Wildman–Crippen MR) is 80.2 cm³/mol. The van der Waals surface area contributed by atoms with E-state index in [-0.39, 0.29) is 11.9 Å². The van der Waals surface area contributed by atoms with E-state index in [0.29, 0.717) is 23.3 Å². The maximum absolute atomic E-state index is 12.4. The zero-order valence-corrected chi connectivity index (χ0v) is 12.1. The molecular formula is C15H14N4OS. The second-order valence-electron chi connectivity index (χ2n) is 5.69. The second-order valence-corrected chi connectivity index (χ2v) is 6.60. The number of pyridine rings is 1. The van der Waals surface area contributed by atoms with E-state index in [2.05, 4.69) is 21.7 Å². The first-order valence-corrected chi connectivity index (χ1v) is 7.97. The van der Waals surface area contributed by atoms with E-state index in [1.54, 1.807) is 17.6 Å². The summed E-state index contributed by atoms with van der Waals surface area (Å²) in [7, 11) is 0. The normalized spacial score (nSPS) is 26.9. The van der Waals surface area contributed by atoms with E-state index in [1.807, 2.05) is 0 Å². The lowest BCUT2D eigenvalue weighted by atomic mass is 9.95. The molecular weight excluding hydrogens is 284 g/mol. The Bertz CT molecular complexity index is 763. The Labute approximate surface area is 126 Å². The first kappa shape index (κ1) is 12.7. The lowest BCUT2D eigenvalue weighted by Gasteiger charge is -2.21. The van der Waals surface area contributed by atoms with Crippen molar-refractivity contribution in [1.29, 1.82) is 5.26 Å². The Morgan fingerprint density at radius 2 is 2.43 bits per heavy atom.